The zero-order valence-electron chi connectivity index (χ0n) is 14.3. The number of para-hydroxylation sites is 2. The van der Waals surface area contributed by atoms with Crippen LogP contribution in [0.3, 0.4) is 0 Å². The number of nitrogens with zero attached hydrogens (tertiary/aromatic N) is 3. The van der Waals surface area contributed by atoms with Crippen LogP contribution in [0, 0.1) is 0 Å². The molecule has 0 saturated carbocycles. The molecule has 1 aromatic carbocycles. The summed E-state index contributed by atoms with van der Waals surface area (Å²) in [5, 5.41) is 0. The standard InChI is InChI=1S/C18H22N4O2S/c1-24-16-5-3-2-4-15(16)21-7-9-22(10-8-21)18-19-14-6-11-25-12-13(14)17(23)20-18/h2-5H,6-12H2,1H3,(H,19,20,23). The summed E-state index contributed by atoms with van der Waals surface area (Å²) in [5.74, 6) is 3.44. The van der Waals surface area contributed by atoms with Crippen LogP contribution < -0.4 is 20.1 Å². The maximum Gasteiger partial charge on any atom is 0.256 e. The number of aromatic nitrogens is 2. The van der Waals surface area contributed by atoms with Crippen molar-refractivity contribution in [2.75, 3.05) is 48.8 Å². The lowest BCUT2D eigenvalue weighted by molar-refractivity contribution is 0.413. The molecule has 0 atom stereocenters. The van der Waals surface area contributed by atoms with Gasteiger partial charge in [-0.15, -0.1) is 0 Å². The van der Waals surface area contributed by atoms with Crippen LogP contribution in [0.2, 0.25) is 0 Å². The molecule has 2 aromatic rings. The van der Waals surface area contributed by atoms with Gasteiger partial charge in [-0.25, -0.2) is 4.98 Å². The summed E-state index contributed by atoms with van der Waals surface area (Å²) in [6.07, 6.45) is 0.887. The Labute approximate surface area is 151 Å². The van der Waals surface area contributed by atoms with Crippen molar-refractivity contribution in [3.8, 4) is 5.75 Å². The highest BCUT2D eigenvalue weighted by atomic mass is 32.2. The number of anilines is 2. The molecule has 0 bridgehead atoms. The topological polar surface area (TPSA) is 61.5 Å². The van der Waals surface area contributed by atoms with E-state index in [1.807, 2.05) is 18.2 Å². The monoisotopic (exact) mass is 358 g/mol. The van der Waals surface area contributed by atoms with Gasteiger partial charge in [0.25, 0.3) is 5.56 Å². The largest absolute Gasteiger partial charge is 0.495 e. The number of thioether (sulfide) groups is 1. The molecular formula is C18H22N4O2S. The molecule has 1 aromatic heterocycles. The molecule has 0 radical (unpaired) electrons. The van der Waals surface area contributed by atoms with Gasteiger partial charge in [-0.1, -0.05) is 12.1 Å². The van der Waals surface area contributed by atoms with Crippen molar-refractivity contribution in [1.29, 1.82) is 0 Å². The van der Waals surface area contributed by atoms with E-state index in [4.69, 9.17) is 9.72 Å². The third kappa shape index (κ3) is 3.20. The van der Waals surface area contributed by atoms with E-state index in [-0.39, 0.29) is 5.56 Å². The highest BCUT2D eigenvalue weighted by Gasteiger charge is 2.23. The van der Waals surface area contributed by atoms with E-state index in [1.165, 1.54) is 0 Å². The first-order chi connectivity index (χ1) is 12.3. The molecule has 2 aliphatic heterocycles. The number of hydrogen-bond acceptors (Lipinski definition) is 6. The number of rotatable bonds is 3. The van der Waals surface area contributed by atoms with Crippen molar-refractivity contribution >= 4 is 23.4 Å². The Morgan fingerprint density at radius 1 is 1.16 bits per heavy atom. The quantitative estimate of drug-likeness (QED) is 0.904. The van der Waals surface area contributed by atoms with Crippen molar-refractivity contribution in [2.45, 2.75) is 12.2 Å². The van der Waals surface area contributed by atoms with Crippen LogP contribution in [-0.2, 0) is 12.2 Å². The summed E-state index contributed by atoms with van der Waals surface area (Å²) in [5.41, 5.74) is 2.98. The van der Waals surface area contributed by atoms with Crippen molar-refractivity contribution < 1.29 is 4.74 Å². The maximum absolute atomic E-state index is 12.3. The van der Waals surface area contributed by atoms with Gasteiger partial charge in [0.15, 0.2) is 0 Å². The fraction of sp³-hybridized carbons (Fsp3) is 0.444. The number of ether oxygens (including phenoxy) is 1. The van der Waals surface area contributed by atoms with Gasteiger partial charge in [0.1, 0.15) is 5.75 Å². The van der Waals surface area contributed by atoms with Crippen LogP contribution in [0.4, 0.5) is 11.6 Å². The Bertz CT molecular complexity index is 815. The van der Waals surface area contributed by atoms with E-state index in [9.17, 15) is 4.79 Å². The van der Waals surface area contributed by atoms with Crippen LogP contribution in [0.5, 0.6) is 5.75 Å². The Balaban J connectivity index is 1.51. The number of piperazine rings is 1. The summed E-state index contributed by atoms with van der Waals surface area (Å²) < 4.78 is 5.47. The van der Waals surface area contributed by atoms with Crippen LogP contribution in [-0.4, -0.2) is 49.0 Å². The number of fused-ring (bicyclic) bond motifs is 1. The number of methoxy groups -OCH3 is 1. The van der Waals surface area contributed by atoms with Crippen molar-refractivity contribution in [1.82, 2.24) is 9.97 Å². The number of nitrogens with one attached hydrogen (secondary N) is 1. The van der Waals surface area contributed by atoms with E-state index >= 15 is 0 Å². The Morgan fingerprint density at radius 2 is 1.92 bits per heavy atom. The van der Waals surface area contributed by atoms with Gasteiger partial charge in [-0.3, -0.25) is 9.78 Å². The Morgan fingerprint density at radius 3 is 2.72 bits per heavy atom. The van der Waals surface area contributed by atoms with Crippen LogP contribution in [0.15, 0.2) is 29.1 Å². The van der Waals surface area contributed by atoms with E-state index < -0.39 is 0 Å². The third-order valence-corrected chi connectivity index (χ3v) is 5.81. The van der Waals surface area contributed by atoms with Crippen LogP contribution in [0.25, 0.3) is 0 Å². The molecule has 1 N–H and O–H groups in total. The minimum Gasteiger partial charge on any atom is -0.495 e. The van der Waals surface area contributed by atoms with Gasteiger partial charge in [0.05, 0.1) is 18.5 Å². The molecule has 0 spiro atoms. The third-order valence-electron chi connectivity index (χ3n) is 4.82. The van der Waals surface area contributed by atoms with Crippen LogP contribution >= 0.6 is 11.8 Å². The number of H-pyrrole nitrogens is 1. The maximum atomic E-state index is 12.3. The molecule has 132 valence electrons. The van der Waals surface area contributed by atoms with Gasteiger partial charge >= 0.3 is 0 Å². The summed E-state index contributed by atoms with van der Waals surface area (Å²) in [6.45, 7) is 3.40. The highest BCUT2D eigenvalue weighted by molar-refractivity contribution is 7.98. The first kappa shape index (κ1) is 16.3. The molecule has 0 unspecified atom stereocenters. The molecule has 1 saturated heterocycles. The lowest BCUT2D eigenvalue weighted by Gasteiger charge is -2.37. The molecule has 1 fully saturated rings. The summed E-state index contributed by atoms with van der Waals surface area (Å²) in [4.78, 5) is 24.6. The van der Waals surface area contributed by atoms with Crippen LogP contribution in [0.1, 0.15) is 11.3 Å². The first-order valence-corrected chi connectivity index (χ1v) is 9.74. The molecule has 25 heavy (non-hydrogen) atoms. The fourth-order valence-corrected chi connectivity index (χ4v) is 4.41. The van der Waals surface area contributed by atoms with E-state index in [0.29, 0.717) is 0 Å². The average Bonchev–Trinajstić information content (AvgIpc) is 2.68. The lowest BCUT2D eigenvalue weighted by Crippen LogP contribution is -2.47. The number of aromatic amines is 1. The molecule has 3 heterocycles. The Kier molecular flexibility index (Phi) is 4.57. The average molecular weight is 358 g/mol. The van der Waals surface area contributed by atoms with Crippen molar-refractivity contribution in [3.05, 3.63) is 45.9 Å². The zero-order chi connectivity index (χ0) is 17.2. The second-order valence-electron chi connectivity index (χ2n) is 6.26. The molecule has 4 rings (SSSR count). The minimum absolute atomic E-state index is 0.0272. The predicted octanol–water partition coefficient (Wildman–Crippen LogP) is 1.89. The molecule has 0 aliphatic carbocycles. The highest BCUT2D eigenvalue weighted by Crippen LogP contribution is 2.29. The number of aryl methyl sites for hydroxylation is 1. The number of benzene rings is 1. The molecule has 6 nitrogen and oxygen atoms in total. The molecule has 0 amide bonds. The molecule has 2 aliphatic rings. The van der Waals surface area contributed by atoms with Crippen molar-refractivity contribution in [2.24, 2.45) is 0 Å². The molecule has 7 heteroatoms. The van der Waals surface area contributed by atoms with E-state index in [2.05, 4.69) is 20.9 Å². The Hall–Kier alpha value is -2.15. The van der Waals surface area contributed by atoms with Gasteiger partial charge in [0.2, 0.25) is 5.95 Å². The normalized spacial score (nSPS) is 17.3. The van der Waals surface area contributed by atoms with Gasteiger partial charge in [-0.05, 0) is 24.3 Å². The van der Waals surface area contributed by atoms with E-state index in [0.717, 1.165) is 72.7 Å². The molecular weight excluding hydrogens is 336 g/mol. The van der Waals surface area contributed by atoms with Gasteiger partial charge < -0.3 is 14.5 Å². The first-order valence-electron chi connectivity index (χ1n) is 8.59. The predicted molar refractivity (Wildman–Crippen MR) is 102 cm³/mol. The smallest absolute Gasteiger partial charge is 0.256 e. The number of hydrogen-bond donors (Lipinski definition) is 1. The minimum atomic E-state index is 0.0272. The fourth-order valence-electron chi connectivity index (χ4n) is 3.43. The summed E-state index contributed by atoms with van der Waals surface area (Å²) >= 11 is 1.80. The van der Waals surface area contributed by atoms with Gasteiger partial charge in [0, 0.05) is 37.5 Å². The van der Waals surface area contributed by atoms with E-state index in [1.54, 1.807) is 18.9 Å². The summed E-state index contributed by atoms with van der Waals surface area (Å²) in [7, 11) is 1.70. The second kappa shape index (κ2) is 7.00. The zero-order valence-corrected chi connectivity index (χ0v) is 15.1. The summed E-state index contributed by atoms with van der Waals surface area (Å²) in [6, 6.07) is 8.09. The lowest BCUT2D eigenvalue weighted by atomic mass is 10.2. The second-order valence-corrected chi connectivity index (χ2v) is 7.37. The van der Waals surface area contributed by atoms with Gasteiger partial charge in [-0.2, -0.15) is 11.8 Å². The van der Waals surface area contributed by atoms with Crippen molar-refractivity contribution in [3.63, 3.8) is 0 Å². The SMILES string of the molecule is COc1ccccc1N1CCN(c2nc3c(c(=O)[nH]2)CSCC3)CC1.